The molecule has 0 saturated carbocycles. The van der Waals surface area contributed by atoms with Crippen molar-refractivity contribution in [2.45, 2.75) is 6.92 Å². The smallest absolute Gasteiger partial charge is 0.0618 e. The van der Waals surface area contributed by atoms with E-state index in [-0.39, 0.29) is 0 Å². The summed E-state index contributed by atoms with van der Waals surface area (Å²) in [4.78, 5) is 2.37. The van der Waals surface area contributed by atoms with Gasteiger partial charge in [-0.3, -0.25) is 0 Å². The fourth-order valence-electron chi connectivity index (χ4n) is 8.62. The van der Waals surface area contributed by atoms with Gasteiger partial charge in [-0.1, -0.05) is 195 Å². The minimum Gasteiger partial charge on any atom is -0.309 e. The highest BCUT2D eigenvalue weighted by Crippen LogP contribution is 2.46. The van der Waals surface area contributed by atoms with Crippen LogP contribution in [0.4, 0.5) is 11.4 Å². The van der Waals surface area contributed by atoms with Gasteiger partial charge in [0.25, 0.3) is 0 Å². The molecule has 0 heterocycles. The highest BCUT2D eigenvalue weighted by Gasteiger charge is 2.22. The Morgan fingerprint density at radius 2 is 0.839 bits per heavy atom. The normalized spacial score (nSPS) is 11.4. The van der Waals surface area contributed by atoms with Crippen LogP contribution in [-0.4, -0.2) is 0 Å². The molecule has 56 heavy (non-hydrogen) atoms. The molecule has 0 radical (unpaired) electrons. The second kappa shape index (κ2) is 13.9. The lowest BCUT2D eigenvalue weighted by Crippen LogP contribution is -2.16. The van der Waals surface area contributed by atoms with E-state index in [2.05, 4.69) is 218 Å². The van der Waals surface area contributed by atoms with E-state index in [1.807, 2.05) is 0 Å². The van der Waals surface area contributed by atoms with Crippen molar-refractivity contribution in [3.05, 3.63) is 224 Å². The second-order valence-corrected chi connectivity index (χ2v) is 14.6. The third kappa shape index (κ3) is 5.65. The number of nitrogens with zero attached hydrogens (tertiary/aromatic N) is 1. The van der Waals surface area contributed by atoms with Crippen LogP contribution in [0.5, 0.6) is 0 Å². The minimum absolute atomic E-state index is 0.927. The Morgan fingerprint density at radius 3 is 1.43 bits per heavy atom. The minimum atomic E-state index is 0.927. The van der Waals surface area contributed by atoms with E-state index in [4.69, 9.17) is 6.58 Å². The SMILES string of the molecule is C=C(c1ccc(-c2ccc3c(-c4ccccc4)c4ccccc4c(-c4ccccc4)c3c2)cc1)N(c1ccccc1C)c1c2ccccc2cc2ccccc12. The summed E-state index contributed by atoms with van der Waals surface area (Å²) in [6, 6.07) is 74.7. The maximum absolute atomic E-state index is 4.81. The topological polar surface area (TPSA) is 3.24 Å². The summed E-state index contributed by atoms with van der Waals surface area (Å²) in [7, 11) is 0. The number of rotatable bonds is 7. The van der Waals surface area contributed by atoms with Crippen molar-refractivity contribution in [2.24, 2.45) is 0 Å². The molecule has 0 aliphatic rings. The Labute approximate surface area is 328 Å². The van der Waals surface area contributed by atoms with E-state index in [9.17, 15) is 0 Å². The first-order chi connectivity index (χ1) is 27.6. The molecule has 0 fully saturated rings. The molecule has 0 saturated heterocycles. The standard InChI is InChI=1S/C55H39N/c1-37-17-9-16-28-52(37)56(55-46-24-12-10-22-44(46)35-45-23-11-13-25-47(45)55)38(2)39-29-31-40(32-30-39)43-33-34-50-51(36-43)54(42-20-7-4-8-21-42)49-27-15-14-26-48(49)53(50)41-18-5-3-6-19-41/h3-36H,2H2,1H3. The quantitative estimate of drug-likeness (QED) is 0.149. The van der Waals surface area contributed by atoms with E-state index in [0.29, 0.717) is 0 Å². The van der Waals surface area contributed by atoms with E-state index in [1.54, 1.807) is 0 Å². The highest BCUT2D eigenvalue weighted by molar-refractivity contribution is 6.22. The predicted octanol–water partition coefficient (Wildman–Crippen LogP) is 15.4. The molecule has 1 heteroatoms. The average Bonchev–Trinajstić information content (AvgIpc) is 3.26. The van der Waals surface area contributed by atoms with Crippen LogP contribution in [0.25, 0.3) is 82.2 Å². The first-order valence-electron chi connectivity index (χ1n) is 19.3. The Morgan fingerprint density at radius 1 is 0.375 bits per heavy atom. The molecule has 0 bridgehead atoms. The van der Waals surface area contributed by atoms with Crippen LogP contribution in [0.15, 0.2) is 213 Å². The average molecular weight is 714 g/mol. The van der Waals surface area contributed by atoms with Gasteiger partial charge in [-0.2, -0.15) is 0 Å². The van der Waals surface area contributed by atoms with Crippen LogP contribution in [0.2, 0.25) is 0 Å². The molecule has 1 nitrogen and oxygen atoms in total. The molecule has 10 aromatic carbocycles. The third-order valence-electron chi connectivity index (χ3n) is 11.3. The third-order valence-corrected chi connectivity index (χ3v) is 11.3. The molecule has 0 unspecified atom stereocenters. The summed E-state index contributed by atoms with van der Waals surface area (Å²) in [5.41, 5.74) is 12.8. The molecule has 10 rings (SSSR count). The molecule has 0 aliphatic heterocycles. The highest BCUT2D eigenvalue weighted by atomic mass is 15.2. The summed E-state index contributed by atoms with van der Waals surface area (Å²) in [6.07, 6.45) is 0. The number of fused-ring (bicyclic) bond motifs is 4. The maximum atomic E-state index is 4.81. The van der Waals surface area contributed by atoms with Crippen molar-refractivity contribution >= 4 is 60.2 Å². The number of hydrogen-bond donors (Lipinski definition) is 0. The van der Waals surface area contributed by atoms with Gasteiger partial charge >= 0.3 is 0 Å². The maximum Gasteiger partial charge on any atom is 0.0618 e. The van der Waals surface area contributed by atoms with Crippen molar-refractivity contribution in [1.82, 2.24) is 0 Å². The van der Waals surface area contributed by atoms with Gasteiger partial charge in [0.1, 0.15) is 0 Å². The fourth-order valence-corrected chi connectivity index (χ4v) is 8.62. The van der Waals surface area contributed by atoms with Crippen molar-refractivity contribution in [1.29, 1.82) is 0 Å². The van der Waals surface area contributed by atoms with Crippen LogP contribution in [0.1, 0.15) is 11.1 Å². The number of aryl methyl sites for hydroxylation is 1. The van der Waals surface area contributed by atoms with Crippen molar-refractivity contribution in [3.63, 3.8) is 0 Å². The number of anilines is 2. The lowest BCUT2D eigenvalue weighted by atomic mass is 9.85. The monoisotopic (exact) mass is 713 g/mol. The van der Waals surface area contributed by atoms with Crippen molar-refractivity contribution < 1.29 is 0 Å². The molecule has 264 valence electrons. The predicted molar refractivity (Wildman–Crippen MR) is 242 cm³/mol. The molecular formula is C55H39N. The zero-order chi connectivity index (χ0) is 37.6. The summed E-state index contributed by atoms with van der Waals surface area (Å²) in [5.74, 6) is 0. The van der Waals surface area contributed by atoms with Crippen LogP contribution >= 0.6 is 0 Å². The summed E-state index contributed by atoms with van der Waals surface area (Å²) in [6.45, 7) is 7.00. The van der Waals surface area contributed by atoms with Gasteiger partial charge < -0.3 is 4.90 Å². The lowest BCUT2D eigenvalue weighted by molar-refractivity contribution is 1.28. The number of hydrogen-bond acceptors (Lipinski definition) is 1. The van der Waals surface area contributed by atoms with Gasteiger partial charge in [-0.25, -0.2) is 0 Å². The molecule has 0 spiro atoms. The van der Waals surface area contributed by atoms with Crippen LogP contribution in [-0.2, 0) is 0 Å². The van der Waals surface area contributed by atoms with E-state index < -0.39 is 0 Å². The Hall–Kier alpha value is -7.22. The van der Waals surface area contributed by atoms with Gasteiger partial charge in [0.2, 0.25) is 0 Å². The second-order valence-electron chi connectivity index (χ2n) is 14.6. The van der Waals surface area contributed by atoms with Gasteiger partial charge in [0.15, 0.2) is 0 Å². The van der Waals surface area contributed by atoms with E-state index in [0.717, 1.165) is 28.2 Å². The van der Waals surface area contributed by atoms with Gasteiger partial charge in [0.05, 0.1) is 5.69 Å². The van der Waals surface area contributed by atoms with E-state index in [1.165, 1.54) is 76.5 Å². The molecule has 10 aromatic rings. The van der Waals surface area contributed by atoms with Gasteiger partial charge in [-0.15, -0.1) is 0 Å². The Balaban J connectivity index is 1.13. The first kappa shape index (κ1) is 33.4. The van der Waals surface area contributed by atoms with Crippen LogP contribution in [0, 0.1) is 6.92 Å². The molecule has 0 aromatic heterocycles. The van der Waals surface area contributed by atoms with Crippen LogP contribution in [0.3, 0.4) is 0 Å². The molecule has 0 N–H and O–H groups in total. The zero-order valence-corrected chi connectivity index (χ0v) is 31.3. The fraction of sp³-hybridized carbons (Fsp3) is 0.0182. The largest absolute Gasteiger partial charge is 0.309 e. The van der Waals surface area contributed by atoms with Gasteiger partial charge in [0, 0.05) is 22.2 Å². The molecular weight excluding hydrogens is 675 g/mol. The number of benzene rings is 10. The first-order valence-corrected chi connectivity index (χ1v) is 19.3. The van der Waals surface area contributed by atoms with Crippen molar-refractivity contribution in [3.8, 4) is 33.4 Å². The van der Waals surface area contributed by atoms with Gasteiger partial charge in [-0.05, 0) is 102 Å². The summed E-state index contributed by atoms with van der Waals surface area (Å²) >= 11 is 0. The number of para-hydroxylation sites is 1. The van der Waals surface area contributed by atoms with Crippen LogP contribution < -0.4 is 4.90 Å². The molecule has 0 amide bonds. The zero-order valence-electron chi connectivity index (χ0n) is 31.3. The Bertz CT molecular complexity index is 3030. The Kier molecular flexibility index (Phi) is 8.27. The van der Waals surface area contributed by atoms with Crippen molar-refractivity contribution in [2.75, 3.05) is 4.90 Å². The lowest BCUT2D eigenvalue weighted by Gasteiger charge is -2.31. The van der Waals surface area contributed by atoms with E-state index >= 15 is 0 Å². The molecule has 0 atom stereocenters. The summed E-state index contributed by atoms with van der Waals surface area (Å²) in [5, 5.41) is 9.81. The summed E-state index contributed by atoms with van der Waals surface area (Å²) < 4.78 is 0. The molecule has 0 aliphatic carbocycles.